The molecule has 1 saturated heterocycles. The standard InChI is InChI=1S/C11H17F3N2O3S/c1-10(18,11(12,13)14)7-6(17)4-5-8(19-7)20-9(15-5)16(2)3/h5-8,17-18H,4H2,1-3H3. The number of alkyl halides is 3. The van der Waals surface area contributed by atoms with Crippen molar-refractivity contribution in [2.24, 2.45) is 4.99 Å². The van der Waals surface area contributed by atoms with Crippen molar-refractivity contribution in [2.75, 3.05) is 14.1 Å². The van der Waals surface area contributed by atoms with E-state index in [0.29, 0.717) is 12.1 Å². The Bertz CT molecular complexity index is 414. The van der Waals surface area contributed by atoms with Crippen LogP contribution in [-0.2, 0) is 4.74 Å². The van der Waals surface area contributed by atoms with Gasteiger partial charge in [-0.3, -0.25) is 4.99 Å². The Hall–Kier alpha value is -0.510. The molecule has 5 atom stereocenters. The van der Waals surface area contributed by atoms with Gasteiger partial charge >= 0.3 is 6.18 Å². The van der Waals surface area contributed by atoms with E-state index in [9.17, 15) is 23.4 Å². The molecule has 2 heterocycles. The molecule has 20 heavy (non-hydrogen) atoms. The number of thioether (sulfide) groups is 1. The summed E-state index contributed by atoms with van der Waals surface area (Å²) in [6.07, 6.45) is -7.97. The van der Waals surface area contributed by atoms with Gasteiger partial charge in [0.1, 0.15) is 11.5 Å². The molecule has 0 spiro atoms. The summed E-state index contributed by atoms with van der Waals surface area (Å²) in [7, 11) is 3.53. The molecule has 5 nitrogen and oxygen atoms in total. The summed E-state index contributed by atoms with van der Waals surface area (Å²) < 4.78 is 43.9. The summed E-state index contributed by atoms with van der Waals surface area (Å²) in [5.74, 6) is 0. The summed E-state index contributed by atoms with van der Waals surface area (Å²) >= 11 is 1.20. The van der Waals surface area contributed by atoms with Crippen molar-refractivity contribution in [3.63, 3.8) is 0 Å². The number of hydrogen-bond donors (Lipinski definition) is 2. The van der Waals surface area contributed by atoms with Gasteiger partial charge in [0.05, 0.1) is 12.1 Å². The molecule has 0 aliphatic carbocycles. The third-order valence-corrected chi connectivity index (χ3v) is 4.77. The van der Waals surface area contributed by atoms with E-state index in [0.717, 1.165) is 0 Å². The van der Waals surface area contributed by atoms with E-state index in [4.69, 9.17) is 4.74 Å². The number of aliphatic hydroxyl groups excluding tert-OH is 1. The van der Waals surface area contributed by atoms with Gasteiger partial charge in [0.2, 0.25) is 0 Å². The van der Waals surface area contributed by atoms with Gasteiger partial charge in [-0.25, -0.2) is 0 Å². The average Bonchev–Trinajstić information content (AvgIpc) is 2.68. The highest BCUT2D eigenvalue weighted by Crippen LogP contribution is 2.43. The van der Waals surface area contributed by atoms with E-state index in [1.165, 1.54) is 11.8 Å². The van der Waals surface area contributed by atoms with Crippen molar-refractivity contribution in [2.45, 2.75) is 48.8 Å². The number of nitrogens with zero attached hydrogens (tertiary/aromatic N) is 2. The summed E-state index contributed by atoms with van der Waals surface area (Å²) in [4.78, 5) is 6.03. The summed E-state index contributed by atoms with van der Waals surface area (Å²) in [5, 5.41) is 20.2. The van der Waals surface area contributed by atoms with Crippen LogP contribution in [0.5, 0.6) is 0 Å². The minimum Gasteiger partial charge on any atom is -0.390 e. The smallest absolute Gasteiger partial charge is 0.390 e. The van der Waals surface area contributed by atoms with Crippen LogP contribution >= 0.6 is 11.8 Å². The molecule has 0 saturated carbocycles. The highest BCUT2D eigenvalue weighted by molar-refractivity contribution is 8.14. The van der Waals surface area contributed by atoms with Gasteiger partial charge < -0.3 is 19.8 Å². The van der Waals surface area contributed by atoms with Crippen molar-refractivity contribution in [3.8, 4) is 0 Å². The molecule has 0 aromatic carbocycles. The average molecular weight is 314 g/mol. The molecule has 0 radical (unpaired) electrons. The maximum Gasteiger partial charge on any atom is 0.419 e. The summed E-state index contributed by atoms with van der Waals surface area (Å²) in [6.45, 7) is 0.620. The largest absolute Gasteiger partial charge is 0.419 e. The molecule has 2 aliphatic heterocycles. The monoisotopic (exact) mass is 314 g/mol. The lowest BCUT2D eigenvalue weighted by atomic mass is 9.88. The lowest BCUT2D eigenvalue weighted by Gasteiger charge is -2.42. The van der Waals surface area contributed by atoms with Crippen LogP contribution in [0, 0.1) is 0 Å². The molecule has 2 aliphatic rings. The topological polar surface area (TPSA) is 65.3 Å². The second kappa shape index (κ2) is 5.04. The Labute approximate surface area is 118 Å². The molecule has 0 aromatic heterocycles. The van der Waals surface area contributed by atoms with E-state index < -0.39 is 35.5 Å². The van der Waals surface area contributed by atoms with Gasteiger partial charge in [-0.1, -0.05) is 11.8 Å². The normalized spacial score (nSPS) is 37.1. The third-order valence-electron chi connectivity index (χ3n) is 3.44. The SMILES string of the molecule is CN(C)C1=NC2CC(O)C(C(C)(O)C(F)(F)F)OC2S1. The van der Waals surface area contributed by atoms with Crippen molar-refractivity contribution in [1.29, 1.82) is 0 Å². The van der Waals surface area contributed by atoms with Crippen LogP contribution in [0.2, 0.25) is 0 Å². The van der Waals surface area contributed by atoms with Gasteiger partial charge in [-0.2, -0.15) is 13.2 Å². The van der Waals surface area contributed by atoms with Crippen LogP contribution in [0.4, 0.5) is 13.2 Å². The van der Waals surface area contributed by atoms with Gasteiger partial charge in [0.25, 0.3) is 0 Å². The maximum atomic E-state index is 12.9. The van der Waals surface area contributed by atoms with E-state index in [-0.39, 0.29) is 6.42 Å². The summed E-state index contributed by atoms with van der Waals surface area (Å²) in [6, 6.07) is -0.396. The maximum absolute atomic E-state index is 12.9. The fourth-order valence-corrected chi connectivity index (χ4v) is 3.31. The van der Waals surface area contributed by atoms with E-state index in [1.54, 1.807) is 19.0 Å². The fraction of sp³-hybridized carbons (Fsp3) is 0.909. The fourth-order valence-electron chi connectivity index (χ4n) is 2.19. The Balaban J connectivity index is 2.15. The first-order valence-corrected chi connectivity index (χ1v) is 6.96. The predicted molar refractivity (Wildman–Crippen MR) is 68.5 cm³/mol. The Kier molecular flexibility index (Phi) is 4.00. The number of rotatable bonds is 1. The highest BCUT2D eigenvalue weighted by atomic mass is 32.2. The van der Waals surface area contributed by atoms with Crippen molar-refractivity contribution in [3.05, 3.63) is 0 Å². The number of halogens is 3. The second-order valence-corrected chi connectivity index (χ2v) is 6.43. The molecule has 0 amide bonds. The lowest BCUT2D eigenvalue weighted by Crippen LogP contribution is -2.61. The molecule has 0 bridgehead atoms. The van der Waals surface area contributed by atoms with Gasteiger partial charge in [-0.05, 0) is 6.92 Å². The molecule has 1 fully saturated rings. The van der Waals surface area contributed by atoms with Gasteiger partial charge in [0, 0.05) is 20.5 Å². The van der Waals surface area contributed by atoms with E-state index >= 15 is 0 Å². The van der Waals surface area contributed by atoms with Crippen molar-refractivity contribution >= 4 is 16.9 Å². The number of aliphatic hydroxyl groups is 2. The lowest BCUT2D eigenvalue weighted by molar-refractivity contribution is -0.309. The first-order chi connectivity index (χ1) is 9.04. The molecule has 0 aromatic rings. The summed E-state index contributed by atoms with van der Waals surface area (Å²) in [5.41, 5.74) is -3.71. The number of ether oxygens (including phenoxy) is 1. The minimum atomic E-state index is -4.88. The van der Waals surface area contributed by atoms with Crippen LogP contribution in [0.15, 0.2) is 4.99 Å². The van der Waals surface area contributed by atoms with Crippen LogP contribution in [0.1, 0.15) is 13.3 Å². The zero-order valence-corrected chi connectivity index (χ0v) is 12.1. The predicted octanol–water partition coefficient (Wildman–Crippen LogP) is 0.809. The molecule has 9 heteroatoms. The zero-order valence-electron chi connectivity index (χ0n) is 11.3. The van der Waals surface area contributed by atoms with Crippen LogP contribution in [0.3, 0.4) is 0 Å². The molecular formula is C11H17F3N2O3S. The van der Waals surface area contributed by atoms with Crippen LogP contribution in [0.25, 0.3) is 0 Å². The van der Waals surface area contributed by atoms with Gasteiger partial charge in [0.15, 0.2) is 10.8 Å². The van der Waals surface area contributed by atoms with Crippen LogP contribution < -0.4 is 0 Å². The van der Waals surface area contributed by atoms with Crippen LogP contribution in [-0.4, -0.2) is 69.8 Å². The van der Waals surface area contributed by atoms with E-state index in [1.807, 2.05) is 0 Å². The molecule has 2 rings (SSSR count). The number of amidine groups is 1. The van der Waals surface area contributed by atoms with E-state index in [2.05, 4.69) is 4.99 Å². The first-order valence-electron chi connectivity index (χ1n) is 6.08. The molecule has 2 N–H and O–H groups in total. The Morgan fingerprint density at radius 2 is 2.00 bits per heavy atom. The Morgan fingerprint density at radius 1 is 1.40 bits per heavy atom. The number of hydrogen-bond acceptors (Lipinski definition) is 6. The Morgan fingerprint density at radius 3 is 2.50 bits per heavy atom. The zero-order chi connectivity index (χ0) is 15.3. The minimum absolute atomic E-state index is 0.0336. The van der Waals surface area contributed by atoms with Gasteiger partial charge in [-0.15, -0.1) is 0 Å². The third kappa shape index (κ3) is 2.63. The quantitative estimate of drug-likeness (QED) is 0.750. The molecular weight excluding hydrogens is 297 g/mol. The molecule has 116 valence electrons. The first kappa shape index (κ1) is 15.9. The number of aliphatic imine (C=N–C) groups is 1. The van der Waals surface area contributed by atoms with Crippen molar-refractivity contribution in [1.82, 2.24) is 4.90 Å². The highest BCUT2D eigenvalue weighted by Gasteiger charge is 2.60. The van der Waals surface area contributed by atoms with Crippen molar-refractivity contribution < 1.29 is 28.1 Å². The molecule has 5 unspecified atom stereocenters. The second-order valence-electron chi connectivity index (χ2n) is 5.36. The number of fused-ring (bicyclic) bond motifs is 1.